The van der Waals surface area contributed by atoms with Gasteiger partial charge in [-0.2, -0.15) is 18.3 Å². The molecule has 2 heterocycles. The summed E-state index contributed by atoms with van der Waals surface area (Å²) >= 11 is 0. The number of anilines is 1. The van der Waals surface area contributed by atoms with Crippen LogP contribution in [0.5, 0.6) is 5.75 Å². The van der Waals surface area contributed by atoms with Gasteiger partial charge in [0.05, 0.1) is 11.6 Å². The van der Waals surface area contributed by atoms with Crippen LogP contribution in [-0.2, 0) is 11.3 Å². The van der Waals surface area contributed by atoms with E-state index >= 15 is 0 Å². The van der Waals surface area contributed by atoms with Crippen LogP contribution < -0.4 is 10.1 Å². The standard InChI is InChI=1S/C23H22F4N4O2/c1-12(22(32)29-20-5-7-31(30-20)11-23(25,26)27)21-15-9-14(10-16(15)21)33-19-4-6-28-18-3-2-13(24)8-17(18)19/h2-8,12,14-16,21H,9-11H2,1H3,(H,29,30,32)/t12?,14-,15-,16+,21+. The lowest BCUT2D eigenvalue weighted by molar-refractivity contribution is -0.142. The van der Waals surface area contributed by atoms with Crippen molar-refractivity contribution in [2.75, 3.05) is 5.32 Å². The molecule has 174 valence electrons. The number of alkyl halides is 3. The molecule has 1 N–H and O–H groups in total. The maximum absolute atomic E-state index is 13.7. The average Bonchev–Trinajstić information content (AvgIpc) is 3.05. The Morgan fingerprint density at radius 1 is 1.24 bits per heavy atom. The van der Waals surface area contributed by atoms with Crippen LogP contribution in [-0.4, -0.2) is 33.0 Å². The third kappa shape index (κ3) is 4.51. The Hall–Kier alpha value is -3.17. The van der Waals surface area contributed by atoms with Gasteiger partial charge >= 0.3 is 6.18 Å². The Balaban J connectivity index is 1.16. The Morgan fingerprint density at radius 2 is 2.00 bits per heavy atom. The van der Waals surface area contributed by atoms with Gasteiger partial charge in [0.2, 0.25) is 5.91 Å². The third-order valence-electron chi connectivity index (χ3n) is 6.65. The smallest absolute Gasteiger partial charge is 0.408 e. The molecule has 1 amide bonds. The zero-order chi connectivity index (χ0) is 23.3. The van der Waals surface area contributed by atoms with E-state index in [1.165, 1.54) is 24.4 Å². The summed E-state index contributed by atoms with van der Waals surface area (Å²) in [5.41, 5.74) is 0.665. The fourth-order valence-electron chi connectivity index (χ4n) is 5.17. The normalized spacial score (nSPS) is 25.0. The number of carbonyl (C=O) groups excluding carboxylic acids is 1. The van der Waals surface area contributed by atoms with Crippen LogP contribution in [0.3, 0.4) is 0 Å². The van der Waals surface area contributed by atoms with Crippen molar-refractivity contribution in [3.8, 4) is 5.75 Å². The molecule has 5 atom stereocenters. The maximum atomic E-state index is 13.7. The molecule has 5 rings (SSSR count). The first-order valence-corrected chi connectivity index (χ1v) is 10.8. The minimum Gasteiger partial charge on any atom is -0.490 e. The molecule has 0 radical (unpaired) electrons. The lowest BCUT2D eigenvalue weighted by Gasteiger charge is -2.20. The summed E-state index contributed by atoms with van der Waals surface area (Å²) in [5.74, 6) is 0.727. The van der Waals surface area contributed by atoms with Crippen molar-refractivity contribution < 1.29 is 27.1 Å². The number of halogens is 4. The molecule has 2 aromatic heterocycles. The number of hydrogen-bond donors (Lipinski definition) is 1. The summed E-state index contributed by atoms with van der Waals surface area (Å²) in [6, 6.07) is 7.49. The second kappa shape index (κ2) is 8.00. The van der Waals surface area contributed by atoms with Crippen LogP contribution in [0.1, 0.15) is 19.8 Å². The molecule has 10 heteroatoms. The molecule has 2 saturated carbocycles. The number of rotatable bonds is 6. The van der Waals surface area contributed by atoms with E-state index in [-0.39, 0.29) is 35.5 Å². The summed E-state index contributed by atoms with van der Waals surface area (Å²) in [6.07, 6.45) is 0.0330. The number of nitrogens with zero attached hydrogens (tertiary/aromatic N) is 3. The van der Waals surface area contributed by atoms with Crippen molar-refractivity contribution >= 4 is 22.6 Å². The third-order valence-corrected chi connectivity index (χ3v) is 6.65. The average molecular weight is 462 g/mol. The first-order chi connectivity index (χ1) is 15.7. The lowest BCUT2D eigenvalue weighted by Crippen LogP contribution is -2.26. The molecule has 0 bridgehead atoms. The molecule has 2 fully saturated rings. The summed E-state index contributed by atoms with van der Waals surface area (Å²) in [7, 11) is 0. The number of pyridine rings is 1. The van der Waals surface area contributed by atoms with Crippen molar-refractivity contribution in [3.63, 3.8) is 0 Å². The van der Waals surface area contributed by atoms with E-state index in [1.807, 2.05) is 6.92 Å². The molecule has 0 aliphatic heterocycles. The maximum Gasteiger partial charge on any atom is 0.408 e. The largest absolute Gasteiger partial charge is 0.490 e. The quantitative estimate of drug-likeness (QED) is 0.534. The predicted molar refractivity (Wildman–Crippen MR) is 112 cm³/mol. The summed E-state index contributed by atoms with van der Waals surface area (Å²) in [4.78, 5) is 16.8. The Bertz CT molecular complexity index is 1180. The molecule has 2 aliphatic rings. The van der Waals surface area contributed by atoms with Crippen LogP contribution in [0.4, 0.5) is 23.4 Å². The zero-order valence-corrected chi connectivity index (χ0v) is 17.7. The van der Waals surface area contributed by atoms with Gasteiger partial charge in [-0.1, -0.05) is 6.92 Å². The van der Waals surface area contributed by atoms with Gasteiger partial charge in [-0.25, -0.2) is 4.39 Å². The second-order valence-electron chi connectivity index (χ2n) is 8.88. The molecular formula is C23H22F4N4O2. The fourth-order valence-corrected chi connectivity index (χ4v) is 5.17. The van der Waals surface area contributed by atoms with Gasteiger partial charge in [-0.15, -0.1) is 0 Å². The number of nitrogens with one attached hydrogen (secondary N) is 1. The SMILES string of the molecule is CC(C(=O)Nc1ccn(CC(F)(F)F)n1)[C@H]1[C@@H]2C[C@@H](Oc3ccnc4ccc(F)cc34)C[C@@H]21. The van der Waals surface area contributed by atoms with E-state index in [4.69, 9.17) is 4.74 Å². The molecule has 0 saturated heterocycles. The minimum absolute atomic E-state index is 0.0153. The Labute approximate surface area is 186 Å². The number of benzene rings is 1. The summed E-state index contributed by atoms with van der Waals surface area (Å²) in [5, 5.41) is 7.03. The highest BCUT2D eigenvalue weighted by molar-refractivity contribution is 5.92. The van der Waals surface area contributed by atoms with Crippen molar-refractivity contribution in [3.05, 3.63) is 48.5 Å². The summed E-state index contributed by atoms with van der Waals surface area (Å²) < 4.78 is 58.0. The predicted octanol–water partition coefficient (Wildman–Crippen LogP) is 4.81. The van der Waals surface area contributed by atoms with Gasteiger partial charge in [0.1, 0.15) is 18.1 Å². The Morgan fingerprint density at radius 3 is 2.73 bits per heavy atom. The highest BCUT2D eigenvalue weighted by Gasteiger charge is 2.59. The van der Waals surface area contributed by atoms with Crippen LogP contribution in [0.2, 0.25) is 0 Å². The summed E-state index contributed by atoms with van der Waals surface area (Å²) in [6.45, 7) is 0.631. The van der Waals surface area contributed by atoms with E-state index in [1.54, 1.807) is 18.3 Å². The van der Waals surface area contributed by atoms with E-state index in [9.17, 15) is 22.4 Å². The second-order valence-corrected chi connectivity index (χ2v) is 8.88. The Kier molecular flexibility index (Phi) is 5.25. The first kappa shape index (κ1) is 21.7. The number of aromatic nitrogens is 3. The van der Waals surface area contributed by atoms with E-state index in [0.717, 1.165) is 17.5 Å². The first-order valence-electron chi connectivity index (χ1n) is 10.8. The fraction of sp³-hybridized carbons (Fsp3) is 0.435. The highest BCUT2D eigenvalue weighted by Crippen LogP contribution is 2.61. The van der Waals surface area contributed by atoms with Crippen LogP contribution in [0.15, 0.2) is 42.7 Å². The topological polar surface area (TPSA) is 69.0 Å². The molecule has 1 unspecified atom stereocenters. The number of carbonyl (C=O) groups is 1. The van der Waals surface area contributed by atoms with Gasteiger partial charge < -0.3 is 10.1 Å². The zero-order valence-electron chi connectivity index (χ0n) is 17.7. The highest BCUT2D eigenvalue weighted by atomic mass is 19.4. The molecule has 6 nitrogen and oxygen atoms in total. The number of amides is 1. The number of hydrogen-bond acceptors (Lipinski definition) is 4. The number of ether oxygens (including phenoxy) is 1. The van der Waals surface area contributed by atoms with Crippen molar-refractivity contribution in [2.24, 2.45) is 23.7 Å². The molecule has 0 spiro atoms. The molecule has 2 aliphatic carbocycles. The van der Waals surface area contributed by atoms with Crippen LogP contribution >= 0.6 is 0 Å². The van der Waals surface area contributed by atoms with E-state index in [0.29, 0.717) is 28.5 Å². The van der Waals surface area contributed by atoms with E-state index < -0.39 is 12.7 Å². The van der Waals surface area contributed by atoms with Gasteiger partial charge in [0, 0.05) is 29.8 Å². The molecule has 1 aromatic carbocycles. The van der Waals surface area contributed by atoms with Gasteiger partial charge in [0.25, 0.3) is 0 Å². The number of fused-ring (bicyclic) bond motifs is 2. The molecule has 3 aromatic rings. The van der Waals surface area contributed by atoms with Gasteiger partial charge in [-0.05, 0) is 54.9 Å². The monoisotopic (exact) mass is 462 g/mol. The van der Waals surface area contributed by atoms with Crippen molar-refractivity contribution in [2.45, 2.75) is 38.6 Å². The van der Waals surface area contributed by atoms with Gasteiger partial charge in [-0.3, -0.25) is 14.5 Å². The van der Waals surface area contributed by atoms with Gasteiger partial charge in [0.15, 0.2) is 5.82 Å². The van der Waals surface area contributed by atoms with Crippen molar-refractivity contribution in [1.29, 1.82) is 0 Å². The van der Waals surface area contributed by atoms with Crippen LogP contribution in [0.25, 0.3) is 10.9 Å². The lowest BCUT2D eigenvalue weighted by atomic mass is 9.97. The van der Waals surface area contributed by atoms with E-state index in [2.05, 4.69) is 15.4 Å². The van der Waals surface area contributed by atoms with Crippen LogP contribution in [0, 0.1) is 29.5 Å². The molecule has 33 heavy (non-hydrogen) atoms. The minimum atomic E-state index is -4.37. The van der Waals surface area contributed by atoms with Crippen molar-refractivity contribution in [1.82, 2.24) is 14.8 Å². The molecular weight excluding hydrogens is 440 g/mol.